The van der Waals surface area contributed by atoms with Gasteiger partial charge in [-0.15, -0.1) is 0 Å². The van der Waals surface area contributed by atoms with Crippen molar-refractivity contribution in [2.75, 3.05) is 5.32 Å². The summed E-state index contributed by atoms with van der Waals surface area (Å²) in [5.74, 6) is 0.113. The summed E-state index contributed by atoms with van der Waals surface area (Å²) in [4.78, 5) is 22.7. The lowest BCUT2D eigenvalue weighted by Crippen LogP contribution is -2.24. The molecule has 0 aliphatic heterocycles. The highest BCUT2D eigenvalue weighted by Crippen LogP contribution is 2.36. The third-order valence-corrected chi connectivity index (χ3v) is 4.64. The number of ketones is 1. The van der Waals surface area contributed by atoms with Crippen LogP contribution in [0.25, 0.3) is 0 Å². The summed E-state index contributed by atoms with van der Waals surface area (Å²) >= 11 is 5.92. The van der Waals surface area contributed by atoms with E-state index in [1.54, 1.807) is 24.3 Å². The second-order valence-electron chi connectivity index (χ2n) is 5.94. The van der Waals surface area contributed by atoms with E-state index in [1.807, 2.05) is 12.1 Å². The fourth-order valence-electron chi connectivity index (χ4n) is 3.14. The van der Waals surface area contributed by atoms with E-state index in [-0.39, 0.29) is 23.4 Å². The Bertz CT molecular complexity index is 744. The largest absolute Gasteiger partial charge is 0.378 e. The Morgan fingerprint density at radius 2 is 1.79 bits per heavy atom. The number of hydrogen-bond donors (Lipinski definition) is 1. The molecule has 0 bridgehead atoms. The summed E-state index contributed by atoms with van der Waals surface area (Å²) < 4.78 is 0. The molecule has 3 rings (SSSR count). The number of rotatable bonds is 5. The minimum Gasteiger partial charge on any atom is -0.378 e. The standard InChI is InChI=1S/C18H17ClN2O3/c19-13-6-8-14(9-7-13)20-18(16-2-1-3-17(16)22)12-4-10-15(11-5-12)21(23)24/h4-11,16,18,20H,1-3H2. The van der Waals surface area contributed by atoms with Gasteiger partial charge in [0.1, 0.15) is 5.78 Å². The zero-order chi connectivity index (χ0) is 17.1. The highest BCUT2D eigenvalue weighted by molar-refractivity contribution is 6.30. The van der Waals surface area contributed by atoms with Crippen LogP contribution in [-0.4, -0.2) is 10.7 Å². The molecular formula is C18H17ClN2O3. The van der Waals surface area contributed by atoms with Gasteiger partial charge in [0.05, 0.1) is 11.0 Å². The highest BCUT2D eigenvalue weighted by atomic mass is 35.5. The van der Waals surface area contributed by atoms with Gasteiger partial charge in [-0.1, -0.05) is 23.7 Å². The Morgan fingerprint density at radius 1 is 1.12 bits per heavy atom. The Morgan fingerprint density at radius 3 is 2.33 bits per heavy atom. The molecule has 0 radical (unpaired) electrons. The monoisotopic (exact) mass is 344 g/mol. The number of anilines is 1. The molecular weight excluding hydrogens is 328 g/mol. The van der Waals surface area contributed by atoms with Crippen LogP contribution in [0.3, 0.4) is 0 Å². The third-order valence-electron chi connectivity index (χ3n) is 4.38. The molecule has 6 heteroatoms. The maximum absolute atomic E-state index is 12.2. The normalized spacial score (nSPS) is 18.4. The van der Waals surface area contributed by atoms with E-state index >= 15 is 0 Å². The van der Waals surface area contributed by atoms with Gasteiger partial charge in [-0.25, -0.2) is 0 Å². The predicted molar refractivity (Wildman–Crippen MR) is 93.3 cm³/mol. The Labute approximate surface area is 144 Å². The van der Waals surface area contributed by atoms with Gasteiger partial charge in [0, 0.05) is 35.2 Å². The van der Waals surface area contributed by atoms with Gasteiger partial charge >= 0.3 is 0 Å². The number of nitrogens with zero attached hydrogens (tertiary/aromatic N) is 1. The number of Topliss-reactive ketones (excluding diaryl/α,β-unsaturated/α-hetero) is 1. The third kappa shape index (κ3) is 3.57. The molecule has 1 fully saturated rings. The Balaban J connectivity index is 1.90. The fraction of sp³-hybridized carbons (Fsp3) is 0.278. The number of halogens is 1. The summed E-state index contributed by atoms with van der Waals surface area (Å²) in [5.41, 5.74) is 1.78. The van der Waals surface area contributed by atoms with Crippen molar-refractivity contribution in [1.29, 1.82) is 0 Å². The van der Waals surface area contributed by atoms with Gasteiger partial charge in [-0.3, -0.25) is 14.9 Å². The van der Waals surface area contributed by atoms with Crippen LogP contribution in [0.2, 0.25) is 5.02 Å². The molecule has 0 spiro atoms. The first-order valence-electron chi connectivity index (χ1n) is 7.84. The summed E-state index contributed by atoms with van der Waals surface area (Å²) in [7, 11) is 0. The van der Waals surface area contributed by atoms with Crippen LogP contribution in [0.4, 0.5) is 11.4 Å². The molecule has 0 aromatic heterocycles. The molecule has 24 heavy (non-hydrogen) atoms. The Kier molecular flexibility index (Phi) is 4.81. The molecule has 2 aromatic rings. The summed E-state index contributed by atoms with van der Waals surface area (Å²) in [6.07, 6.45) is 2.30. The van der Waals surface area contributed by atoms with Crippen LogP contribution < -0.4 is 5.32 Å². The predicted octanol–water partition coefficient (Wildman–Crippen LogP) is 4.77. The number of carbonyl (C=O) groups is 1. The van der Waals surface area contributed by atoms with Gasteiger partial charge in [0.25, 0.3) is 5.69 Å². The quantitative estimate of drug-likeness (QED) is 0.626. The van der Waals surface area contributed by atoms with Crippen LogP contribution in [0, 0.1) is 16.0 Å². The summed E-state index contributed by atoms with van der Waals surface area (Å²) in [5, 5.41) is 14.9. The molecule has 1 aliphatic carbocycles. The van der Waals surface area contributed by atoms with Crippen LogP contribution in [-0.2, 0) is 4.79 Å². The number of hydrogen-bond acceptors (Lipinski definition) is 4. The lowest BCUT2D eigenvalue weighted by atomic mass is 9.90. The fourth-order valence-corrected chi connectivity index (χ4v) is 3.27. The maximum Gasteiger partial charge on any atom is 0.269 e. The second kappa shape index (κ2) is 7.01. The van der Waals surface area contributed by atoms with Gasteiger partial charge < -0.3 is 5.32 Å². The smallest absolute Gasteiger partial charge is 0.269 e. The summed E-state index contributed by atoms with van der Waals surface area (Å²) in [6, 6.07) is 13.5. The van der Waals surface area contributed by atoms with Crippen molar-refractivity contribution < 1.29 is 9.72 Å². The summed E-state index contributed by atoms with van der Waals surface area (Å²) in [6.45, 7) is 0. The first-order valence-corrected chi connectivity index (χ1v) is 8.21. The molecule has 0 saturated heterocycles. The van der Waals surface area contributed by atoms with Crippen molar-refractivity contribution in [2.45, 2.75) is 25.3 Å². The van der Waals surface area contributed by atoms with Crippen molar-refractivity contribution in [3.63, 3.8) is 0 Å². The number of benzene rings is 2. The molecule has 2 aromatic carbocycles. The van der Waals surface area contributed by atoms with Crippen LogP contribution in [0.5, 0.6) is 0 Å². The van der Waals surface area contributed by atoms with Gasteiger partial charge in [0.15, 0.2) is 0 Å². The van der Waals surface area contributed by atoms with Crippen LogP contribution in [0.15, 0.2) is 48.5 Å². The van der Waals surface area contributed by atoms with E-state index in [2.05, 4.69) is 5.32 Å². The van der Waals surface area contributed by atoms with Crippen LogP contribution >= 0.6 is 11.6 Å². The number of nitrogens with one attached hydrogen (secondary N) is 1. The zero-order valence-electron chi connectivity index (χ0n) is 12.9. The van der Waals surface area contributed by atoms with Crippen molar-refractivity contribution in [2.24, 2.45) is 5.92 Å². The topological polar surface area (TPSA) is 72.2 Å². The lowest BCUT2D eigenvalue weighted by Gasteiger charge is -2.25. The number of carbonyl (C=O) groups excluding carboxylic acids is 1. The van der Waals surface area contributed by atoms with Gasteiger partial charge in [-0.05, 0) is 42.7 Å². The molecule has 1 aliphatic rings. The van der Waals surface area contributed by atoms with E-state index in [1.165, 1.54) is 12.1 Å². The molecule has 1 saturated carbocycles. The molecule has 124 valence electrons. The van der Waals surface area contributed by atoms with Crippen molar-refractivity contribution in [1.82, 2.24) is 0 Å². The van der Waals surface area contributed by atoms with Crippen molar-refractivity contribution in [3.05, 3.63) is 69.2 Å². The van der Waals surface area contributed by atoms with Gasteiger partial charge in [0.2, 0.25) is 0 Å². The second-order valence-corrected chi connectivity index (χ2v) is 6.38. The van der Waals surface area contributed by atoms with Gasteiger partial charge in [-0.2, -0.15) is 0 Å². The van der Waals surface area contributed by atoms with Crippen LogP contribution in [0.1, 0.15) is 30.9 Å². The molecule has 2 atom stereocenters. The molecule has 1 N–H and O–H groups in total. The average molecular weight is 345 g/mol. The molecule has 5 nitrogen and oxygen atoms in total. The SMILES string of the molecule is O=C1CCCC1C(Nc1ccc(Cl)cc1)c1ccc([N+](=O)[O-])cc1. The number of nitro benzene ring substituents is 1. The number of nitro groups is 1. The van der Waals surface area contributed by atoms with Crippen molar-refractivity contribution >= 4 is 28.8 Å². The van der Waals surface area contributed by atoms with Crippen molar-refractivity contribution in [3.8, 4) is 0 Å². The molecule has 0 amide bonds. The Hall–Kier alpha value is -2.40. The first kappa shape index (κ1) is 16.5. The van der Waals surface area contributed by atoms with E-state index in [4.69, 9.17) is 11.6 Å². The average Bonchev–Trinajstić information content (AvgIpc) is 3.00. The van der Waals surface area contributed by atoms with E-state index < -0.39 is 4.92 Å². The zero-order valence-corrected chi connectivity index (χ0v) is 13.7. The number of non-ortho nitro benzene ring substituents is 1. The molecule has 0 heterocycles. The van der Waals surface area contributed by atoms with E-state index in [0.717, 1.165) is 24.1 Å². The highest BCUT2D eigenvalue weighted by Gasteiger charge is 2.33. The van der Waals surface area contributed by atoms with E-state index in [9.17, 15) is 14.9 Å². The minimum absolute atomic E-state index is 0.0433. The van der Waals surface area contributed by atoms with E-state index in [0.29, 0.717) is 11.4 Å². The molecule has 2 unspecified atom stereocenters. The maximum atomic E-state index is 12.2. The first-order chi connectivity index (χ1) is 11.5. The minimum atomic E-state index is -0.424. The lowest BCUT2D eigenvalue weighted by molar-refractivity contribution is -0.384.